The van der Waals surface area contributed by atoms with Crippen molar-refractivity contribution in [3.8, 4) is 22.5 Å². The van der Waals surface area contributed by atoms with Gasteiger partial charge in [-0.3, -0.25) is 25.0 Å². The molecule has 0 bridgehead atoms. The fraction of sp³-hybridized carbons (Fsp3) is 0.190. The number of primary amides is 1. The minimum absolute atomic E-state index is 0.0702. The van der Waals surface area contributed by atoms with Gasteiger partial charge in [0.1, 0.15) is 0 Å². The van der Waals surface area contributed by atoms with Gasteiger partial charge < -0.3 is 15.6 Å². The van der Waals surface area contributed by atoms with Crippen molar-refractivity contribution in [3.63, 3.8) is 0 Å². The molecule has 3 rings (SSSR count). The summed E-state index contributed by atoms with van der Waals surface area (Å²) in [7, 11) is 3.76. The van der Waals surface area contributed by atoms with Crippen LogP contribution in [0.3, 0.4) is 0 Å². The van der Waals surface area contributed by atoms with Crippen LogP contribution in [0, 0.1) is 20.2 Å². The van der Waals surface area contributed by atoms with Crippen molar-refractivity contribution >= 4 is 17.3 Å². The Morgan fingerprint density at radius 3 is 2.19 bits per heavy atom. The number of para-hydroxylation sites is 1. The van der Waals surface area contributed by atoms with E-state index < -0.39 is 15.8 Å². The Balaban J connectivity index is 2.28. The number of likely N-dealkylation sites (N-methyl/N-ethyl adjacent to an activating group) is 1. The van der Waals surface area contributed by atoms with Gasteiger partial charge in [0, 0.05) is 30.4 Å². The van der Waals surface area contributed by atoms with Crippen molar-refractivity contribution in [1.82, 2.24) is 9.88 Å². The first-order chi connectivity index (χ1) is 14.7. The molecule has 0 aliphatic heterocycles. The number of carbonyl (C=O) groups excluding carboxylic acids is 1. The van der Waals surface area contributed by atoms with Crippen LogP contribution in [-0.2, 0) is 6.42 Å². The molecular formula is C21H21N5O5. The molecule has 10 heteroatoms. The van der Waals surface area contributed by atoms with Crippen LogP contribution in [0.5, 0.6) is 0 Å². The second-order valence-electron chi connectivity index (χ2n) is 7.22. The van der Waals surface area contributed by atoms with Crippen molar-refractivity contribution in [2.75, 3.05) is 20.6 Å². The molecule has 0 aliphatic carbocycles. The van der Waals surface area contributed by atoms with Gasteiger partial charge in [0.2, 0.25) is 0 Å². The number of hydrogen-bond donors (Lipinski definition) is 2. The zero-order valence-corrected chi connectivity index (χ0v) is 17.0. The van der Waals surface area contributed by atoms with E-state index in [1.165, 1.54) is 18.2 Å². The topological polar surface area (TPSA) is 148 Å². The van der Waals surface area contributed by atoms with Crippen LogP contribution < -0.4 is 5.73 Å². The summed E-state index contributed by atoms with van der Waals surface area (Å²) in [5.74, 6) is -0.716. The summed E-state index contributed by atoms with van der Waals surface area (Å²) in [6.45, 7) is 0.592. The second kappa shape index (κ2) is 8.76. The number of non-ortho nitro benzene ring substituents is 1. The van der Waals surface area contributed by atoms with E-state index in [9.17, 15) is 25.0 Å². The molecule has 0 aliphatic rings. The number of aromatic amines is 1. The highest BCUT2D eigenvalue weighted by Crippen LogP contribution is 2.38. The molecule has 3 aromatic rings. The van der Waals surface area contributed by atoms with E-state index >= 15 is 0 Å². The highest BCUT2D eigenvalue weighted by molar-refractivity contribution is 6.03. The maximum absolute atomic E-state index is 12.5. The van der Waals surface area contributed by atoms with E-state index in [1.807, 2.05) is 19.0 Å². The van der Waals surface area contributed by atoms with Gasteiger partial charge in [0.15, 0.2) is 0 Å². The summed E-state index contributed by atoms with van der Waals surface area (Å²) < 4.78 is 0. The lowest BCUT2D eigenvalue weighted by Crippen LogP contribution is -2.19. The van der Waals surface area contributed by atoms with Crippen LogP contribution in [0.15, 0.2) is 48.5 Å². The van der Waals surface area contributed by atoms with Crippen LogP contribution in [0.1, 0.15) is 15.9 Å². The van der Waals surface area contributed by atoms with Gasteiger partial charge in [0.05, 0.1) is 26.7 Å². The smallest absolute Gasteiger partial charge is 0.278 e. The number of aromatic nitrogens is 1. The molecule has 3 N–H and O–H groups in total. The largest absolute Gasteiger partial charge is 0.366 e. The van der Waals surface area contributed by atoms with E-state index in [4.69, 9.17) is 5.73 Å². The number of nitrogens with two attached hydrogens (primary N) is 1. The second-order valence-corrected chi connectivity index (χ2v) is 7.22. The molecule has 1 heterocycles. The minimum Gasteiger partial charge on any atom is -0.366 e. The fourth-order valence-corrected chi connectivity index (χ4v) is 3.44. The molecule has 2 aromatic carbocycles. The number of rotatable bonds is 8. The van der Waals surface area contributed by atoms with Crippen molar-refractivity contribution < 1.29 is 14.6 Å². The van der Waals surface area contributed by atoms with E-state index in [0.29, 0.717) is 29.8 Å². The fourth-order valence-electron chi connectivity index (χ4n) is 3.44. The van der Waals surface area contributed by atoms with Crippen molar-refractivity contribution in [1.29, 1.82) is 0 Å². The van der Waals surface area contributed by atoms with Gasteiger partial charge in [-0.05, 0) is 49.8 Å². The summed E-state index contributed by atoms with van der Waals surface area (Å²) >= 11 is 0. The Kier molecular flexibility index (Phi) is 6.12. The molecule has 0 saturated carbocycles. The number of carbonyl (C=O) groups is 1. The first-order valence-electron chi connectivity index (χ1n) is 9.38. The molecule has 0 atom stereocenters. The van der Waals surface area contributed by atoms with Gasteiger partial charge in [-0.25, -0.2) is 0 Å². The van der Waals surface area contributed by atoms with Gasteiger partial charge in [-0.2, -0.15) is 0 Å². The lowest BCUT2D eigenvalue weighted by molar-refractivity contribution is -0.384. The SMILES string of the molecule is CN(C)CCc1c(-c2ccc([N+](=O)[O-])cc2)[nH]c(-c2ccccc2[N+](=O)[O-])c1C(N)=O. The molecule has 0 fully saturated rings. The van der Waals surface area contributed by atoms with E-state index in [0.717, 1.165) is 0 Å². The Bertz CT molecular complexity index is 1150. The molecule has 0 unspecified atom stereocenters. The van der Waals surface area contributed by atoms with Crippen molar-refractivity contribution in [2.24, 2.45) is 5.73 Å². The maximum Gasteiger partial charge on any atom is 0.278 e. The number of benzene rings is 2. The standard InChI is InChI=1S/C21H21N5O5/c1-24(2)12-11-16-18(21(22)27)20(15-5-3-4-6-17(15)26(30)31)23-19(16)13-7-9-14(10-8-13)25(28)29/h3-10,23H,11-12H2,1-2H3,(H2,22,27). The molecule has 160 valence electrons. The summed E-state index contributed by atoms with van der Waals surface area (Å²) in [6.07, 6.45) is 0.439. The molecule has 10 nitrogen and oxygen atoms in total. The van der Waals surface area contributed by atoms with Gasteiger partial charge >= 0.3 is 0 Å². The lowest BCUT2D eigenvalue weighted by atomic mass is 9.98. The Labute approximate surface area is 177 Å². The van der Waals surface area contributed by atoms with Crippen LogP contribution in [-0.4, -0.2) is 46.3 Å². The number of nitro benzene ring substituents is 2. The van der Waals surface area contributed by atoms with Gasteiger partial charge in [-0.1, -0.05) is 12.1 Å². The highest BCUT2D eigenvalue weighted by Gasteiger charge is 2.27. The zero-order valence-electron chi connectivity index (χ0n) is 17.0. The van der Waals surface area contributed by atoms with Crippen molar-refractivity contribution in [2.45, 2.75) is 6.42 Å². The highest BCUT2D eigenvalue weighted by atomic mass is 16.6. The molecule has 0 spiro atoms. The minimum atomic E-state index is -0.716. The number of nitrogens with one attached hydrogen (secondary N) is 1. The molecule has 0 radical (unpaired) electrons. The van der Waals surface area contributed by atoms with E-state index in [-0.39, 0.29) is 28.2 Å². The average Bonchev–Trinajstić information content (AvgIpc) is 3.11. The molecule has 1 aromatic heterocycles. The van der Waals surface area contributed by atoms with Crippen LogP contribution in [0.4, 0.5) is 11.4 Å². The Morgan fingerprint density at radius 2 is 1.65 bits per heavy atom. The number of H-pyrrole nitrogens is 1. The third kappa shape index (κ3) is 4.43. The zero-order chi connectivity index (χ0) is 22.7. The number of nitrogens with zero attached hydrogens (tertiary/aromatic N) is 3. The number of nitro groups is 2. The number of amides is 1. The molecule has 0 saturated heterocycles. The van der Waals surface area contributed by atoms with Crippen LogP contribution in [0.25, 0.3) is 22.5 Å². The predicted molar refractivity (Wildman–Crippen MR) is 116 cm³/mol. The van der Waals surface area contributed by atoms with Crippen LogP contribution in [0.2, 0.25) is 0 Å². The summed E-state index contributed by atoms with van der Waals surface area (Å²) in [6, 6.07) is 11.9. The summed E-state index contributed by atoms with van der Waals surface area (Å²) in [4.78, 5) is 39.1. The maximum atomic E-state index is 12.5. The number of hydrogen-bond acceptors (Lipinski definition) is 6. The van der Waals surface area contributed by atoms with Gasteiger partial charge in [0.25, 0.3) is 17.3 Å². The Morgan fingerprint density at radius 1 is 1.00 bits per heavy atom. The van der Waals surface area contributed by atoms with E-state index in [2.05, 4.69) is 4.98 Å². The molecule has 1 amide bonds. The third-order valence-electron chi connectivity index (χ3n) is 4.90. The summed E-state index contributed by atoms with van der Waals surface area (Å²) in [5.41, 5.74) is 7.88. The monoisotopic (exact) mass is 423 g/mol. The third-order valence-corrected chi connectivity index (χ3v) is 4.90. The summed E-state index contributed by atoms with van der Waals surface area (Å²) in [5, 5.41) is 22.6. The molecular weight excluding hydrogens is 402 g/mol. The predicted octanol–water partition coefficient (Wildman–Crippen LogP) is 3.37. The molecule has 31 heavy (non-hydrogen) atoms. The first kappa shape index (κ1) is 21.7. The van der Waals surface area contributed by atoms with E-state index in [1.54, 1.807) is 30.3 Å². The van der Waals surface area contributed by atoms with Gasteiger partial charge in [-0.15, -0.1) is 0 Å². The average molecular weight is 423 g/mol. The first-order valence-corrected chi connectivity index (χ1v) is 9.38. The Hall–Kier alpha value is -4.05. The van der Waals surface area contributed by atoms with Crippen LogP contribution >= 0.6 is 0 Å². The quantitative estimate of drug-likeness (QED) is 0.419. The lowest BCUT2D eigenvalue weighted by Gasteiger charge is -2.11. The normalized spacial score (nSPS) is 10.9. The van der Waals surface area contributed by atoms with Crippen molar-refractivity contribution in [3.05, 3.63) is 79.9 Å².